The Balaban J connectivity index is 0.000000290. The summed E-state index contributed by atoms with van der Waals surface area (Å²) in [4.78, 5) is 28.0. The van der Waals surface area contributed by atoms with E-state index in [4.69, 9.17) is 9.84 Å². The summed E-state index contributed by atoms with van der Waals surface area (Å²) in [5, 5.41) is 11.4. The first kappa shape index (κ1) is 34.0. The van der Waals surface area contributed by atoms with Crippen LogP contribution in [0.1, 0.15) is 50.4 Å². The number of hydrogen-bond donors (Lipinski definition) is 2. The van der Waals surface area contributed by atoms with Crippen LogP contribution < -0.4 is 5.32 Å². The number of hydrogen-bond acceptors (Lipinski definition) is 5. The van der Waals surface area contributed by atoms with E-state index in [0.29, 0.717) is 36.9 Å². The summed E-state index contributed by atoms with van der Waals surface area (Å²) < 4.78 is 68.7. The summed E-state index contributed by atoms with van der Waals surface area (Å²) in [5.74, 6) is 0.412. The molecular formula is C28H38F5N3O4S. The monoisotopic (exact) mass is 607 g/mol. The standard InChI is InChI=1S/C14H18F5NOS.C14H20N2O3/c1-2-11-7-9-20(10-8-11)14(21)12-3-5-13(6-4-12)22(15,16,17,18)19;1-4-10-12(15-3)7-6-11(13(10)19-5-2)14(18)16-8-9-17/h3-6,11H,2,7-10H2,1H3;4,6-7,17H,5,8-9H2,1-3H3,(H,16,18)/b;10-4+,15-12?. The molecule has 1 aliphatic heterocycles. The molecule has 0 bridgehead atoms. The Labute approximate surface area is 237 Å². The second kappa shape index (κ2) is 13.2. The Morgan fingerprint density at radius 3 is 2.17 bits per heavy atom. The van der Waals surface area contributed by atoms with E-state index >= 15 is 0 Å². The lowest BCUT2D eigenvalue weighted by Gasteiger charge is -2.40. The highest BCUT2D eigenvalue weighted by Gasteiger charge is 2.65. The van der Waals surface area contributed by atoms with Gasteiger partial charge in [0, 0.05) is 37.8 Å². The predicted molar refractivity (Wildman–Crippen MR) is 152 cm³/mol. The summed E-state index contributed by atoms with van der Waals surface area (Å²) in [6, 6.07) is 2.21. The lowest BCUT2D eigenvalue weighted by molar-refractivity contribution is -0.117. The number of piperidine rings is 1. The highest BCUT2D eigenvalue weighted by molar-refractivity contribution is 8.45. The topological polar surface area (TPSA) is 91.2 Å². The molecule has 0 unspecified atom stereocenters. The number of halogens is 5. The third kappa shape index (κ3) is 9.42. The zero-order chi connectivity index (χ0) is 30.9. The van der Waals surface area contributed by atoms with Crippen LogP contribution in [0.3, 0.4) is 0 Å². The van der Waals surface area contributed by atoms with E-state index in [0.717, 1.165) is 42.7 Å². The van der Waals surface area contributed by atoms with Crippen molar-refractivity contribution in [1.82, 2.24) is 10.2 Å². The van der Waals surface area contributed by atoms with Crippen molar-refractivity contribution < 1.29 is 38.9 Å². The molecule has 0 radical (unpaired) electrons. The second-order valence-corrected chi connectivity index (χ2v) is 11.8. The third-order valence-corrected chi connectivity index (χ3v) is 7.82. The fraction of sp³-hybridized carbons (Fsp3) is 0.464. The lowest BCUT2D eigenvalue weighted by atomic mass is 9.94. The van der Waals surface area contributed by atoms with Crippen LogP contribution in [0.5, 0.6) is 0 Å². The zero-order valence-corrected chi connectivity index (χ0v) is 24.5. The third-order valence-electron chi connectivity index (χ3n) is 6.66. The molecule has 230 valence electrons. The molecule has 7 nitrogen and oxygen atoms in total. The Bertz CT molecular complexity index is 1220. The Morgan fingerprint density at radius 1 is 1.10 bits per heavy atom. The quantitative estimate of drug-likeness (QED) is 0.327. The van der Waals surface area contributed by atoms with Crippen molar-refractivity contribution in [3.05, 3.63) is 65.0 Å². The SMILES string of the molecule is C/C=C1\C(=NC)C=CC(C(=O)NCCO)=C1OCC.CCC1CCN(C(=O)c2ccc(S(F)(F)(F)(F)F)cc2)CC1. The van der Waals surface area contributed by atoms with Gasteiger partial charge in [-0.25, -0.2) is 0 Å². The Morgan fingerprint density at radius 2 is 1.71 bits per heavy atom. The molecule has 2 N–H and O–H groups in total. The number of carbonyl (C=O) groups is 2. The van der Waals surface area contributed by atoms with E-state index < -0.39 is 21.0 Å². The number of amides is 2. The molecule has 1 aliphatic carbocycles. The van der Waals surface area contributed by atoms with Gasteiger partial charge in [-0.3, -0.25) is 14.6 Å². The van der Waals surface area contributed by atoms with Gasteiger partial charge in [0.1, 0.15) is 10.7 Å². The first-order valence-electron chi connectivity index (χ1n) is 13.3. The minimum Gasteiger partial charge on any atom is -0.492 e. The smallest absolute Gasteiger partial charge is 0.310 e. The molecule has 1 aromatic carbocycles. The van der Waals surface area contributed by atoms with Crippen LogP contribution in [-0.4, -0.2) is 67.4 Å². The van der Waals surface area contributed by atoms with Gasteiger partial charge in [-0.2, -0.15) is 0 Å². The molecule has 1 heterocycles. The molecule has 2 amide bonds. The summed E-state index contributed by atoms with van der Waals surface area (Å²) >= 11 is 0. The van der Waals surface area contributed by atoms with E-state index in [9.17, 15) is 29.0 Å². The fourth-order valence-electron chi connectivity index (χ4n) is 4.39. The van der Waals surface area contributed by atoms with Gasteiger partial charge >= 0.3 is 10.2 Å². The molecule has 0 saturated carbocycles. The molecular weight excluding hydrogens is 569 g/mol. The minimum absolute atomic E-state index is 0.000508. The highest BCUT2D eigenvalue weighted by atomic mass is 32.5. The van der Waals surface area contributed by atoms with Crippen molar-refractivity contribution in [2.24, 2.45) is 10.9 Å². The Hall–Kier alpha value is -3.19. The van der Waals surface area contributed by atoms with E-state index in [2.05, 4.69) is 17.2 Å². The molecule has 0 aromatic heterocycles. The summed E-state index contributed by atoms with van der Waals surface area (Å²) in [7, 11) is -7.98. The first-order valence-corrected chi connectivity index (χ1v) is 15.3. The van der Waals surface area contributed by atoms with Crippen LogP contribution in [-0.2, 0) is 9.53 Å². The van der Waals surface area contributed by atoms with Crippen molar-refractivity contribution in [3.8, 4) is 0 Å². The van der Waals surface area contributed by atoms with Crippen LogP contribution >= 0.6 is 10.2 Å². The van der Waals surface area contributed by atoms with E-state index in [1.807, 2.05) is 19.9 Å². The van der Waals surface area contributed by atoms with Crippen molar-refractivity contribution in [3.63, 3.8) is 0 Å². The number of allylic oxidation sites excluding steroid dienone is 3. The molecule has 1 aromatic rings. The molecule has 3 rings (SSSR count). The molecule has 1 fully saturated rings. The number of aliphatic hydroxyl groups is 1. The maximum absolute atomic E-state index is 12.6. The number of nitrogens with zero attached hydrogens (tertiary/aromatic N) is 2. The van der Waals surface area contributed by atoms with Gasteiger partial charge in [0.05, 0.1) is 24.5 Å². The minimum atomic E-state index is -9.68. The zero-order valence-electron chi connectivity index (χ0n) is 23.6. The molecule has 0 spiro atoms. The van der Waals surface area contributed by atoms with E-state index in [1.165, 1.54) is 0 Å². The summed E-state index contributed by atoms with van der Waals surface area (Å²) in [5.41, 5.74) is 2.04. The number of aliphatic imine (C=N–C) groups is 1. The summed E-state index contributed by atoms with van der Waals surface area (Å²) in [6.07, 6.45) is 8.08. The highest BCUT2D eigenvalue weighted by Crippen LogP contribution is 3.02. The van der Waals surface area contributed by atoms with Gasteiger partial charge in [0.25, 0.3) is 11.8 Å². The molecule has 1 saturated heterocycles. The van der Waals surface area contributed by atoms with Gasteiger partial charge in [0.2, 0.25) is 0 Å². The maximum atomic E-state index is 12.6. The van der Waals surface area contributed by atoms with Gasteiger partial charge in [-0.05, 0) is 69.0 Å². The fourth-order valence-corrected chi connectivity index (χ4v) is 5.04. The van der Waals surface area contributed by atoms with Crippen molar-refractivity contribution in [2.75, 3.05) is 39.9 Å². The number of aliphatic hydroxyl groups excluding tert-OH is 1. The molecule has 13 heteroatoms. The van der Waals surface area contributed by atoms with Crippen LogP contribution in [0.2, 0.25) is 0 Å². The van der Waals surface area contributed by atoms with Crippen LogP contribution in [0.4, 0.5) is 19.4 Å². The second-order valence-electron chi connectivity index (χ2n) is 9.44. The van der Waals surface area contributed by atoms with Gasteiger partial charge in [0.15, 0.2) is 0 Å². The van der Waals surface area contributed by atoms with Crippen LogP contribution in [0, 0.1) is 5.92 Å². The Kier molecular flexibility index (Phi) is 10.9. The van der Waals surface area contributed by atoms with Crippen LogP contribution in [0.25, 0.3) is 0 Å². The largest absolute Gasteiger partial charge is 0.492 e. The van der Waals surface area contributed by atoms with Gasteiger partial charge in [-0.15, -0.1) is 0 Å². The lowest BCUT2D eigenvalue weighted by Crippen LogP contribution is -2.38. The number of carbonyl (C=O) groups excluding carboxylic acids is 2. The van der Waals surface area contributed by atoms with Crippen molar-refractivity contribution >= 4 is 27.8 Å². The normalized spacial score (nSPS) is 19.8. The van der Waals surface area contributed by atoms with Crippen LogP contribution in [0.15, 0.2) is 69.3 Å². The van der Waals surface area contributed by atoms with Crippen molar-refractivity contribution in [2.45, 2.75) is 44.9 Å². The average Bonchev–Trinajstić information content (AvgIpc) is 2.94. The van der Waals surface area contributed by atoms with E-state index in [1.54, 1.807) is 24.1 Å². The number of rotatable bonds is 8. The van der Waals surface area contributed by atoms with Crippen molar-refractivity contribution in [1.29, 1.82) is 0 Å². The van der Waals surface area contributed by atoms with Gasteiger partial charge in [-0.1, -0.05) is 38.8 Å². The first-order chi connectivity index (χ1) is 19.1. The maximum Gasteiger partial charge on any atom is 0.310 e. The number of benzene rings is 1. The molecule has 0 atom stereocenters. The number of likely N-dealkylation sites (tertiary alicyclic amines) is 1. The summed E-state index contributed by atoms with van der Waals surface area (Å²) in [6.45, 7) is 7.49. The average molecular weight is 608 g/mol. The van der Waals surface area contributed by atoms with E-state index in [-0.39, 0.29) is 36.8 Å². The number of nitrogens with one attached hydrogen (secondary N) is 1. The predicted octanol–water partition coefficient (Wildman–Crippen LogP) is 6.58. The molecule has 2 aliphatic rings. The molecule has 41 heavy (non-hydrogen) atoms. The number of ether oxygens (including phenoxy) is 1. The van der Waals surface area contributed by atoms with Gasteiger partial charge < -0.3 is 20.1 Å².